The molecule has 132 valence electrons. The number of fused-ring (bicyclic) bond motifs is 1. The van der Waals surface area contributed by atoms with E-state index in [1.807, 2.05) is 44.0 Å². The van der Waals surface area contributed by atoms with E-state index in [0.717, 1.165) is 40.5 Å². The topological polar surface area (TPSA) is 46.1 Å². The van der Waals surface area contributed by atoms with Gasteiger partial charge in [-0.1, -0.05) is 26.8 Å². The Balaban J connectivity index is 1.63. The monoisotopic (exact) mass is 363 g/mol. The average molecular weight is 363 g/mol. The van der Waals surface area contributed by atoms with Crippen LogP contribution in [-0.4, -0.2) is 22.4 Å². The molecule has 2 aromatic heterocycles. The number of anilines is 1. The van der Waals surface area contributed by atoms with Crippen LogP contribution in [0.15, 0.2) is 48.1 Å². The summed E-state index contributed by atoms with van der Waals surface area (Å²) in [6.07, 6.45) is 4.50. The number of benzene rings is 1. The molecule has 0 bridgehead atoms. The highest BCUT2D eigenvalue weighted by molar-refractivity contribution is 7.13. The van der Waals surface area contributed by atoms with Gasteiger partial charge in [0.25, 0.3) is 0 Å². The molecular formula is C21H21N3OS. The Bertz CT molecular complexity index is 957. The van der Waals surface area contributed by atoms with Gasteiger partial charge < -0.3 is 4.90 Å². The van der Waals surface area contributed by atoms with Crippen LogP contribution in [0.2, 0.25) is 0 Å². The number of hydrogen-bond acceptors (Lipinski definition) is 4. The van der Waals surface area contributed by atoms with Crippen LogP contribution >= 0.6 is 11.3 Å². The molecule has 4 rings (SSSR count). The van der Waals surface area contributed by atoms with E-state index >= 15 is 0 Å². The van der Waals surface area contributed by atoms with Gasteiger partial charge in [-0.3, -0.25) is 9.78 Å². The van der Waals surface area contributed by atoms with Gasteiger partial charge in [0.05, 0.1) is 5.69 Å². The number of rotatable bonds is 2. The lowest BCUT2D eigenvalue weighted by atomic mass is 9.94. The number of hydrogen-bond donors (Lipinski definition) is 0. The van der Waals surface area contributed by atoms with Crippen molar-refractivity contribution in [1.82, 2.24) is 9.97 Å². The van der Waals surface area contributed by atoms with Gasteiger partial charge in [-0.2, -0.15) is 0 Å². The highest BCUT2D eigenvalue weighted by atomic mass is 32.1. The van der Waals surface area contributed by atoms with E-state index in [1.165, 1.54) is 5.56 Å². The summed E-state index contributed by atoms with van der Waals surface area (Å²) in [7, 11) is 0. The molecule has 0 radical (unpaired) electrons. The van der Waals surface area contributed by atoms with Crippen LogP contribution in [0.4, 0.5) is 5.69 Å². The number of aromatic nitrogens is 2. The van der Waals surface area contributed by atoms with Gasteiger partial charge >= 0.3 is 0 Å². The predicted octanol–water partition coefficient (Wildman–Crippen LogP) is 4.81. The number of thiazole rings is 1. The van der Waals surface area contributed by atoms with E-state index in [1.54, 1.807) is 17.5 Å². The molecule has 0 saturated heterocycles. The van der Waals surface area contributed by atoms with Gasteiger partial charge in [-0.05, 0) is 36.2 Å². The normalized spacial score (nSPS) is 13.7. The molecule has 0 spiro atoms. The number of carbonyl (C=O) groups is 1. The Labute approximate surface area is 157 Å². The molecule has 1 amide bonds. The summed E-state index contributed by atoms with van der Waals surface area (Å²) in [6, 6.07) is 10.2. The predicted molar refractivity (Wildman–Crippen MR) is 106 cm³/mol. The van der Waals surface area contributed by atoms with Crippen molar-refractivity contribution < 1.29 is 4.79 Å². The first-order valence-corrected chi connectivity index (χ1v) is 9.62. The number of nitrogens with zero attached hydrogens (tertiary/aromatic N) is 3. The summed E-state index contributed by atoms with van der Waals surface area (Å²) in [4.78, 5) is 23.5. The maximum absolute atomic E-state index is 12.7. The second-order valence-electron chi connectivity index (χ2n) is 7.58. The molecule has 3 heterocycles. The fraction of sp³-hybridized carbons (Fsp3) is 0.286. The van der Waals surface area contributed by atoms with Crippen LogP contribution in [0, 0.1) is 5.41 Å². The zero-order valence-corrected chi connectivity index (χ0v) is 16.0. The van der Waals surface area contributed by atoms with Gasteiger partial charge in [-0.25, -0.2) is 4.98 Å². The largest absolute Gasteiger partial charge is 0.311 e. The minimum Gasteiger partial charge on any atom is -0.311 e. The van der Waals surface area contributed by atoms with Crippen molar-refractivity contribution in [3.63, 3.8) is 0 Å². The first kappa shape index (κ1) is 16.9. The Morgan fingerprint density at radius 3 is 2.77 bits per heavy atom. The van der Waals surface area contributed by atoms with Gasteiger partial charge in [0.15, 0.2) is 0 Å². The lowest BCUT2D eigenvalue weighted by molar-refractivity contribution is -0.125. The zero-order valence-electron chi connectivity index (χ0n) is 15.2. The third-order valence-electron chi connectivity index (χ3n) is 4.57. The Morgan fingerprint density at radius 1 is 1.19 bits per heavy atom. The smallest absolute Gasteiger partial charge is 0.232 e. The molecule has 0 saturated carbocycles. The third-order valence-corrected chi connectivity index (χ3v) is 5.46. The van der Waals surface area contributed by atoms with Crippen LogP contribution in [0.5, 0.6) is 0 Å². The average Bonchev–Trinajstić information content (AvgIpc) is 3.28. The van der Waals surface area contributed by atoms with Gasteiger partial charge in [0.2, 0.25) is 5.91 Å². The Hall–Kier alpha value is -2.53. The highest BCUT2D eigenvalue weighted by Gasteiger charge is 2.32. The van der Waals surface area contributed by atoms with Crippen molar-refractivity contribution in [3.05, 3.63) is 53.7 Å². The molecule has 0 unspecified atom stereocenters. The first-order chi connectivity index (χ1) is 12.4. The molecule has 0 aliphatic carbocycles. The molecule has 1 aromatic carbocycles. The van der Waals surface area contributed by atoms with Crippen LogP contribution < -0.4 is 4.90 Å². The van der Waals surface area contributed by atoms with E-state index in [9.17, 15) is 4.79 Å². The van der Waals surface area contributed by atoms with Crippen molar-refractivity contribution in [2.24, 2.45) is 5.41 Å². The summed E-state index contributed by atoms with van der Waals surface area (Å²) >= 11 is 1.62. The van der Waals surface area contributed by atoms with Crippen molar-refractivity contribution in [3.8, 4) is 21.8 Å². The standard InChI is InChI=1S/C21H21N3OS/c1-21(2,3)20(25)24-10-8-15-11-14(6-7-18(15)24)17-13-26-19(23-17)16-5-4-9-22-12-16/h4-7,9,11-13H,8,10H2,1-3H3. The maximum atomic E-state index is 12.7. The summed E-state index contributed by atoms with van der Waals surface area (Å²) in [5.74, 6) is 0.177. The van der Waals surface area contributed by atoms with Crippen molar-refractivity contribution in [2.75, 3.05) is 11.4 Å². The SMILES string of the molecule is CC(C)(C)C(=O)N1CCc2cc(-c3csc(-c4cccnc4)n3)ccc21. The first-order valence-electron chi connectivity index (χ1n) is 8.75. The van der Waals surface area contributed by atoms with Crippen molar-refractivity contribution in [2.45, 2.75) is 27.2 Å². The summed E-state index contributed by atoms with van der Waals surface area (Å²) < 4.78 is 0. The summed E-state index contributed by atoms with van der Waals surface area (Å²) in [5, 5.41) is 3.05. The fourth-order valence-electron chi connectivity index (χ4n) is 3.21. The van der Waals surface area contributed by atoms with Gasteiger partial charge in [0.1, 0.15) is 5.01 Å². The molecule has 3 aromatic rings. The van der Waals surface area contributed by atoms with E-state index < -0.39 is 0 Å². The van der Waals surface area contributed by atoms with E-state index in [4.69, 9.17) is 4.98 Å². The molecule has 4 nitrogen and oxygen atoms in total. The molecule has 0 fully saturated rings. The molecule has 1 aliphatic heterocycles. The Kier molecular flexibility index (Phi) is 4.11. The van der Waals surface area contributed by atoms with Crippen LogP contribution in [-0.2, 0) is 11.2 Å². The lowest BCUT2D eigenvalue weighted by Gasteiger charge is -2.26. The van der Waals surface area contributed by atoms with Crippen LogP contribution in [0.25, 0.3) is 21.8 Å². The molecule has 1 aliphatic rings. The third kappa shape index (κ3) is 3.03. The number of pyridine rings is 1. The Morgan fingerprint density at radius 2 is 2.04 bits per heavy atom. The maximum Gasteiger partial charge on any atom is 0.232 e. The van der Waals surface area contributed by atoms with E-state index in [-0.39, 0.29) is 11.3 Å². The van der Waals surface area contributed by atoms with E-state index in [0.29, 0.717) is 0 Å². The van der Waals surface area contributed by atoms with E-state index in [2.05, 4.69) is 28.6 Å². The van der Waals surface area contributed by atoms with Crippen molar-refractivity contribution >= 4 is 22.9 Å². The van der Waals surface area contributed by atoms with Crippen molar-refractivity contribution in [1.29, 1.82) is 0 Å². The summed E-state index contributed by atoms with van der Waals surface area (Å²) in [5.41, 5.74) is 4.99. The molecular weight excluding hydrogens is 342 g/mol. The summed E-state index contributed by atoms with van der Waals surface area (Å²) in [6.45, 7) is 6.66. The van der Waals surface area contributed by atoms with Gasteiger partial charge in [-0.15, -0.1) is 11.3 Å². The molecule has 26 heavy (non-hydrogen) atoms. The quantitative estimate of drug-likeness (QED) is 0.656. The zero-order chi connectivity index (χ0) is 18.3. The minimum atomic E-state index is -0.367. The van der Waals surface area contributed by atoms with Crippen LogP contribution in [0.1, 0.15) is 26.3 Å². The number of amides is 1. The minimum absolute atomic E-state index is 0.177. The van der Waals surface area contributed by atoms with Gasteiger partial charge in [0, 0.05) is 46.5 Å². The molecule has 0 atom stereocenters. The molecule has 0 N–H and O–H groups in total. The second kappa shape index (κ2) is 6.32. The highest BCUT2D eigenvalue weighted by Crippen LogP contribution is 2.36. The number of carbonyl (C=O) groups excluding carboxylic acids is 1. The fourth-order valence-corrected chi connectivity index (χ4v) is 4.03. The second-order valence-corrected chi connectivity index (χ2v) is 8.44. The molecule has 5 heteroatoms. The van der Waals surface area contributed by atoms with Crippen LogP contribution in [0.3, 0.4) is 0 Å². The lowest BCUT2D eigenvalue weighted by Crippen LogP contribution is -2.38.